The average Bonchev–Trinajstić information content (AvgIpc) is 2.60. The average molecular weight is 354 g/mol. The Labute approximate surface area is 152 Å². The van der Waals surface area contributed by atoms with E-state index in [-0.39, 0.29) is 18.2 Å². The van der Waals surface area contributed by atoms with Gasteiger partial charge in [-0.05, 0) is 24.6 Å². The number of anilines is 1. The molecular formula is C20H22N2O4. The maximum absolute atomic E-state index is 12.8. The molecule has 6 nitrogen and oxygen atoms in total. The summed E-state index contributed by atoms with van der Waals surface area (Å²) in [6, 6.07) is 15.6. The lowest BCUT2D eigenvalue weighted by Crippen LogP contribution is -2.39. The van der Waals surface area contributed by atoms with Crippen LogP contribution in [0.1, 0.15) is 30.5 Å². The summed E-state index contributed by atoms with van der Waals surface area (Å²) in [5.41, 5.74) is 2.37. The van der Waals surface area contributed by atoms with Crippen molar-refractivity contribution < 1.29 is 19.5 Å². The fraction of sp³-hybridized carbons (Fsp3) is 0.250. The summed E-state index contributed by atoms with van der Waals surface area (Å²) in [6.45, 7) is 2.90. The summed E-state index contributed by atoms with van der Waals surface area (Å²) in [5.74, 6) is -1.74. The Kier molecular flexibility index (Phi) is 6.49. The summed E-state index contributed by atoms with van der Waals surface area (Å²) in [6.07, 6.45) is -0.0369. The number of amides is 2. The van der Waals surface area contributed by atoms with Gasteiger partial charge in [-0.3, -0.25) is 14.4 Å². The molecule has 0 aliphatic carbocycles. The van der Waals surface area contributed by atoms with Crippen molar-refractivity contribution in [2.24, 2.45) is 0 Å². The fourth-order valence-electron chi connectivity index (χ4n) is 2.65. The Morgan fingerprint density at radius 2 is 1.65 bits per heavy atom. The topological polar surface area (TPSA) is 86.7 Å². The molecule has 2 aromatic rings. The second kappa shape index (κ2) is 8.80. The minimum atomic E-state index is -1.10. The van der Waals surface area contributed by atoms with Crippen molar-refractivity contribution in [3.63, 3.8) is 0 Å². The van der Waals surface area contributed by atoms with Gasteiger partial charge in [-0.1, -0.05) is 48.0 Å². The molecule has 0 bridgehead atoms. The van der Waals surface area contributed by atoms with Crippen LogP contribution in [0.4, 0.5) is 5.69 Å². The number of benzene rings is 2. The molecule has 26 heavy (non-hydrogen) atoms. The number of nitrogens with one attached hydrogen (secondary N) is 1. The first-order valence-electron chi connectivity index (χ1n) is 8.27. The van der Waals surface area contributed by atoms with Crippen LogP contribution in [0.3, 0.4) is 0 Å². The highest BCUT2D eigenvalue weighted by molar-refractivity contribution is 5.97. The van der Waals surface area contributed by atoms with E-state index in [4.69, 9.17) is 5.11 Å². The Morgan fingerprint density at radius 1 is 1.04 bits per heavy atom. The first-order valence-corrected chi connectivity index (χ1v) is 8.27. The van der Waals surface area contributed by atoms with E-state index in [1.807, 2.05) is 31.2 Å². The van der Waals surface area contributed by atoms with E-state index in [9.17, 15) is 14.4 Å². The van der Waals surface area contributed by atoms with Crippen LogP contribution in [0, 0.1) is 6.92 Å². The maximum Gasteiger partial charge on any atom is 0.323 e. The van der Waals surface area contributed by atoms with E-state index in [1.165, 1.54) is 11.8 Å². The second-order valence-electron chi connectivity index (χ2n) is 6.08. The van der Waals surface area contributed by atoms with Gasteiger partial charge >= 0.3 is 5.97 Å². The number of rotatable bonds is 7. The number of para-hydroxylation sites is 1. The number of hydrogen-bond donors (Lipinski definition) is 2. The summed E-state index contributed by atoms with van der Waals surface area (Å²) in [5, 5.41) is 11.9. The van der Waals surface area contributed by atoms with E-state index in [0.717, 1.165) is 11.1 Å². The SMILES string of the molecule is CC(=O)NC(CC(=O)N(CC(=O)O)c1ccccc1)c1ccc(C)cc1. The van der Waals surface area contributed by atoms with Crippen LogP contribution >= 0.6 is 0 Å². The van der Waals surface area contributed by atoms with Crippen LogP contribution in [0.5, 0.6) is 0 Å². The van der Waals surface area contributed by atoms with Gasteiger partial charge in [0, 0.05) is 12.6 Å². The highest BCUT2D eigenvalue weighted by atomic mass is 16.4. The van der Waals surface area contributed by atoms with Gasteiger partial charge in [-0.25, -0.2) is 0 Å². The molecule has 0 aliphatic rings. The van der Waals surface area contributed by atoms with Crippen molar-refractivity contribution in [2.75, 3.05) is 11.4 Å². The van der Waals surface area contributed by atoms with Crippen molar-refractivity contribution in [2.45, 2.75) is 26.3 Å². The van der Waals surface area contributed by atoms with E-state index < -0.39 is 18.6 Å². The molecular weight excluding hydrogens is 332 g/mol. The minimum Gasteiger partial charge on any atom is -0.480 e. The van der Waals surface area contributed by atoms with Crippen molar-refractivity contribution in [3.8, 4) is 0 Å². The van der Waals surface area contributed by atoms with E-state index in [2.05, 4.69) is 5.32 Å². The molecule has 2 amide bonds. The lowest BCUT2D eigenvalue weighted by Gasteiger charge is -2.25. The highest BCUT2D eigenvalue weighted by Crippen LogP contribution is 2.21. The molecule has 0 fully saturated rings. The van der Waals surface area contributed by atoms with E-state index >= 15 is 0 Å². The molecule has 0 aromatic heterocycles. The number of carboxylic acids is 1. The summed E-state index contributed by atoms with van der Waals surface area (Å²) in [7, 11) is 0. The number of aliphatic carboxylic acids is 1. The van der Waals surface area contributed by atoms with E-state index in [1.54, 1.807) is 30.3 Å². The monoisotopic (exact) mass is 354 g/mol. The molecule has 1 unspecified atom stereocenters. The summed E-state index contributed by atoms with van der Waals surface area (Å²) < 4.78 is 0. The largest absolute Gasteiger partial charge is 0.480 e. The summed E-state index contributed by atoms with van der Waals surface area (Å²) in [4.78, 5) is 36.8. The standard InChI is InChI=1S/C20H22N2O4/c1-14-8-10-16(11-9-14)18(21-15(2)23)12-19(24)22(13-20(25)26)17-6-4-3-5-7-17/h3-11,18H,12-13H2,1-2H3,(H,21,23)(H,25,26). The smallest absolute Gasteiger partial charge is 0.323 e. The van der Waals surface area contributed by atoms with Gasteiger partial charge < -0.3 is 15.3 Å². The maximum atomic E-state index is 12.8. The Bertz CT molecular complexity index is 772. The summed E-state index contributed by atoms with van der Waals surface area (Å²) >= 11 is 0. The zero-order valence-corrected chi connectivity index (χ0v) is 14.8. The second-order valence-corrected chi connectivity index (χ2v) is 6.08. The predicted molar refractivity (Wildman–Crippen MR) is 98.8 cm³/mol. The molecule has 0 spiro atoms. The zero-order chi connectivity index (χ0) is 19.1. The van der Waals surface area contributed by atoms with Crippen LogP contribution in [-0.2, 0) is 14.4 Å². The number of carboxylic acid groups (broad SMARTS) is 1. The molecule has 6 heteroatoms. The highest BCUT2D eigenvalue weighted by Gasteiger charge is 2.24. The van der Waals surface area contributed by atoms with Crippen molar-refractivity contribution in [3.05, 3.63) is 65.7 Å². The van der Waals surface area contributed by atoms with Crippen molar-refractivity contribution >= 4 is 23.5 Å². The molecule has 2 N–H and O–H groups in total. The van der Waals surface area contributed by atoms with Crippen LogP contribution in [0.15, 0.2) is 54.6 Å². The Morgan fingerprint density at radius 3 is 2.19 bits per heavy atom. The zero-order valence-electron chi connectivity index (χ0n) is 14.8. The molecule has 0 saturated carbocycles. The number of carbonyl (C=O) groups excluding carboxylic acids is 2. The Hall–Kier alpha value is -3.15. The quantitative estimate of drug-likeness (QED) is 0.800. The van der Waals surface area contributed by atoms with Gasteiger partial charge in [0.15, 0.2) is 0 Å². The van der Waals surface area contributed by atoms with Crippen LogP contribution < -0.4 is 10.2 Å². The molecule has 0 saturated heterocycles. The third-order valence-corrected chi connectivity index (χ3v) is 3.90. The normalized spacial score (nSPS) is 11.5. The molecule has 136 valence electrons. The van der Waals surface area contributed by atoms with Crippen molar-refractivity contribution in [1.29, 1.82) is 0 Å². The number of aryl methyl sites for hydroxylation is 1. The molecule has 2 aromatic carbocycles. The fourth-order valence-corrected chi connectivity index (χ4v) is 2.65. The number of hydrogen-bond acceptors (Lipinski definition) is 3. The first kappa shape index (κ1) is 19.2. The lowest BCUT2D eigenvalue weighted by molar-refractivity contribution is -0.136. The minimum absolute atomic E-state index is 0.0369. The first-order chi connectivity index (χ1) is 12.4. The molecule has 0 heterocycles. The van der Waals surface area contributed by atoms with Gasteiger partial charge in [-0.2, -0.15) is 0 Å². The van der Waals surface area contributed by atoms with E-state index in [0.29, 0.717) is 5.69 Å². The van der Waals surface area contributed by atoms with Gasteiger partial charge in [0.25, 0.3) is 0 Å². The van der Waals surface area contributed by atoms with Gasteiger partial charge in [0.05, 0.1) is 12.5 Å². The predicted octanol–water partition coefficient (Wildman–Crippen LogP) is 2.68. The lowest BCUT2D eigenvalue weighted by atomic mass is 10.0. The van der Waals surface area contributed by atoms with Gasteiger partial charge in [0.1, 0.15) is 6.54 Å². The molecule has 0 aliphatic heterocycles. The van der Waals surface area contributed by atoms with Crippen molar-refractivity contribution in [1.82, 2.24) is 5.32 Å². The number of nitrogens with zero attached hydrogens (tertiary/aromatic N) is 1. The molecule has 0 radical (unpaired) electrons. The van der Waals surface area contributed by atoms with Crippen LogP contribution in [-0.4, -0.2) is 29.4 Å². The molecule has 1 atom stereocenters. The third-order valence-electron chi connectivity index (χ3n) is 3.90. The third kappa shape index (κ3) is 5.44. The van der Waals surface area contributed by atoms with Crippen LogP contribution in [0.25, 0.3) is 0 Å². The van der Waals surface area contributed by atoms with Crippen LogP contribution in [0.2, 0.25) is 0 Å². The molecule has 2 rings (SSSR count). The Balaban J connectivity index is 2.26. The van der Waals surface area contributed by atoms with Gasteiger partial charge in [0.2, 0.25) is 11.8 Å². The number of carbonyl (C=O) groups is 3. The van der Waals surface area contributed by atoms with Gasteiger partial charge in [-0.15, -0.1) is 0 Å².